The number of ether oxygens (including phenoxy) is 3. The number of aromatic nitrogens is 1. The molecule has 0 amide bonds. The van der Waals surface area contributed by atoms with Crippen molar-refractivity contribution in [1.29, 1.82) is 0 Å². The Balaban J connectivity index is 1.48. The lowest BCUT2D eigenvalue weighted by molar-refractivity contribution is 0.354. The average molecular weight is 439 g/mol. The number of rotatable bonds is 8. The predicted octanol–water partition coefficient (Wildman–Crippen LogP) is 4.60. The number of hydrogen-bond acceptors (Lipinski definition) is 8. The topological polar surface area (TPSA) is 82.8 Å². The number of anilines is 1. The molecule has 0 bridgehead atoms. The summed E-state index contributed by atoms with van der Waals surface area (Å²) in [6.45, 7) is 0.686. The highest BCUT2D eigenvalue weighted by Gasteiger charge is 2.14. The lowest BCUT2D eigenvalue weighted by Gasteiger charge is -2.09. The summed E-state index contributed by atoms with van der Waals surface area (Å²) in [6.07, 6.45) is 0.785. The molecule has 7 nitrogen and oxygen atoms in total. The van der Waals surface area contributed by atoms with Crippen LogP contribution in [0.5, 0.6) is 17.2 Å². The predicted molar refractivity (Wildman–Crippen MR) is 122 cm³/mol. The zero-order chi connectivity index (χ0) is 21.8. The number of para-hydroxylation sites is 1. The van der Waals surface area contributed by atoms with Crippen LogP contribution in [0.1, 0.15) is 5.56 Å². The van der Waals surface area contributed by atoms with E-state index in [0.29, 0.717) is 40.6 Å². The molecule has 0 spiro atoms. The highest BCUT2D eigenvalue weighted by atomic mass is 32.1. The van der Waals surface area contributed by atoms with Crippen LogP contribution in [0.3, 0.4) is 0 Å². The van der Waals surface area contributed by atoms with Crippen LogP contribution in [0.15, 0.2) is 57.1 Å². The number of benzene rings is 2. The Morgan fingerprint density at radius 3 is 2.58 bits per heavy atom. The molecule has 2 heterocycles. The first-order chi connectivity index (χ1) is 15.1. The lowest BCUT2D eigenvalue weighted by Crippen LogP contribution is -2.06. The third-order valence-electron chi connectivity index (χ3n) is 4.86. The molecular formula is C23H22N2O5S. The monoisotopic (exact) mass is 438 g/mol. The Kier molecular flexibility index (Phi) is 6.08. The van der Waals surface area contributed by atoms with Crippen LogP contribution in [-0.4, -0.2) is 32.9 Å². The number of fused-ring (bicyclic) bond motifs is 1. The minimum Gasteiger partial charge on any atom is -0.493 e. The van der Waals surface area contributed by atoms with Gasteiger partial charge < -0.3 is 23.9 Å². The number of nitrogens with one attached hydrogen (secondary N) is 1. The molecule has 2 aromatic carbocycles. The Morgan fingerprint density at radius 2 is 1.81 bits per heavy atom. The summed E-state index contributed by atoms with van der Waals surface area (Å²) in [5.74, 6) is 1.93. The van der Waals surface area contributed by atoms with E-state index in [1.807, 2.05) is 35.7 Å². The Morgan fingerprint density at radius 1 is 1.00 bits per heavy atom. The van der Waals surface area contributed by atoms with Crippen LogP contribution in [0.2, 0.25) is 0 Å². The first kappa shape index (κ1) is 20.7. The van der Waals surface area contributed by atoms with Gasteiger partial charge in [0, 0.05) is 17.3 Å². The van der Waals surface area contributed by atoms with Gasteiger partial charge in [-0.05, 0) is 36.2 Å². The van der Waals surface area contributed by atoms with E-state index in [-0.39, 0.29) is 0 Å². The van der Waals surface area contributed by atoms with E-state index in [1.165, 1.54) is 11.3 Å². The van der Waals surface area contributed by atoms with Gasteiger partial charge in [-0.25, -0.2) is 9.78 Å². The molecule has 0 unspecified atom stereocenters. The third-order valence-corrected chi connectivity index (χ3v) is 5.66. The number of methoxy groups -OCH3 is 3. The van der Waals surface area contributed by atoms with Crippen molar-refractivity contribution in [3.8, 4) is 28.5 Å². The van der Waals surface area contributed by atoms with E-state index in [4.69, 9.17) is 18.6 Å². The maximum absolute atomic E-state index is 12.5. The normalized spacial score (nSPS) is 10.8. The Bertz CT molecular complexity index is 1260. The molecule has 0 saturated carbocycles. The molecule has 31 heavy (non-hydrogen) atoms. The highest BCUT2D eigenvalue weighted by molar-refractivity contribution is 7.14. The van der Waals surface area contributed by atoms with Crippen molar-refractivity contribution in [3.63, 3.8) is 0 Å². The zero-order valence-corrected chi connectivity index (χ0v) is 18.2. The van der Waals surface area contributed by atoms with Gasteiger partial charge in [-0.2, -0.15) is 0 Å². The van der Waals surface area contributed by atoms with Gasteiger partial charge in [0.2, 0.25) is 0 Å². The molecule has 160 valence electrons. The summed E-state index contributed by atoms with van der Waals surface area (Å²) < 4.78 is 21.4. The van der Waals surface area contributed by atoms with Gasteiger partial charge in [0.15, 0.2) is 28.0 Å². The first-order valence-electron chi connectivity index (χ1n) is 9.64. The van der Waals surface area contributed by atoms with Gasteiger partial charge in [0.25, 0.3) is 0 Å². The average Bonchev–Trinajstić information content (AvgIpc) is 3.26. The maximum atomic E-state index is 12.5. The van der Waals surface area contributed by atoms with Crippen LogP contribution in [-0.2, 0) is 6.42 Å². The van der Waals surface area contributed by atoms with Gasteiger partial charge in [-0.15, -0.1) is 11.3 Å². The van der Waals surface area contributed by atoms with Crippen molar-refractivity contribution in [2.75, 3.05) is 33.2 Å². The smallest absolute Gasteiger partial charge is 0.345 e. The molecule has 0 saturated heterocycles. The fourth-order valence-electron chi connectivity index (χ4n) is 3.29. The molecule has 0 aliphatic heterocycles. The summed E-state index contributed by atoms with van der Waals surface area (Å²) in [5, 5.41) is 6.67. The maximum Gasteiger partial charge on any atom is 0.345 e. The summed E-state index contributed by atoms with van der Waals surface area (Å²) in [7, 11) is 4.78. The van der Waals surface area contributed by atoms with E-state index < -0.39 is 5.63 Å². The number of hydrogen-bond donors (Lipinski definition) is 1. The molecule has 0 aliphatic rings. The van der Waals surface area contributed by atoms with Crippen LogP contribution in [0, 0.1) is 0 Å². The fourth-order valence-corrected chi connectivity index (χ4v) is 4.02. The van der Waals surface area contributed by atoms with Gasteiger partial charge in [0.1, 0.15) is 0 Å². The van der Waals surface area contributed by atoms with Crippen molar-refractivity contribution >= 4 is 27.4 Å². The molecule has 0 atom stereocenters. The second-order valence-electron chi connectivity index (χ2n) is 6.73. The SMILES string of the molecule is COc1ccc(CCNc2nc(-c3cc4cccc(OC)c4oc3=O)cs2)cc1OC. The second kappa shape index (κ2) is 9.09. The molecule has 0 fully saturated rings. The summed E-state index contributed by atoms with van der Waals surface area (Å²) >= 11 is 1.44. The fraction of sp³-hybridized carbons (Fsp3) is 0.217. The minimum atomic E-state index is -0.445. The van der Waals surface area contributed by atoms with Crippen LogP contribution < -0.4 is 25.2 Å². The Hall–Kier alpha value is -3.52. The quantitative estimate of drug-likeness (QED) is 0.403. The van der Waals surface area contributed by atoms with Gasteiger partial charge in [0.05, 0.1) is 32.6 Å². The van der Waals surface area contributed by atoms with E-state index in [9.17, 15) is 4.79 Å². The van der Waals surface area contributed by atoms with Crippen LogP contribution >= 0.6 is 11.3 Å². The molecule has 2 aromatic heterocycles. The Labute approximate surface area is 183 Å². The van der Waals surface area contributed by atoms with Gasteiger partial charge >= 0.3 is 5.63 Å². The minimum absolute atomic E-state index is 0.421. The van der Waals surface area contributed by atoms with Crippen molar-refractivity contribution in [3.05, 3.63) is 63.8 Å². The number of thiazole rings is 1. The molecule has 0 radical (unpaired) electrons. The zero-order valence-electron chi connectivity index (χ0n) is 17.4. The van der Waals surface area contributed by atoms with Crippen molar-refractivity contribution < 1.29 is 18.6 Å². The van der Waals surface area contributed by atoms with E-state index in [1.54, 1.807) is 33.5 Å². The molecule has 4 rings (SSSR count). The highest BCUT2D eigenvalue weighted by Crippen LogP contribution is 2.30. The summed E-state index contributed by atoms with van der Waals surface area (Å²) in [4.78, 5) is 17.1. The van der Waals surface area contributed by atoms with Crippen LogP contribution in [0.25, 0.3) is 22.2 Å². The standard InChI is InChI=1S/C23H22N2O5S/c1-27-18-8-7-14(11-20(18)29-3)9-10-24-23-25-17(13-31-23)16-12-15-5-4-6-19(28-2)21(15)30-22(16)26/h4-8,11-13H,9-10H2,1-3H3,(H,24,25). The third kappa shape index (κ3) is 4.34. The van der Waals surface area contributed by atoms with Crippen molar-refractivity contribution in [2.45, 2.75) is 6.42 Å². The van der Waals surface area contributed by atoms with E-state index in [0.717, 1.165) is 22.5 Å². The lowest BCUT2D eigenvalue weighted by atomic mass is 10.1. The second-order valence-corrected chi connectivity index (χ2v) is 7.59. The first-order valence-corrected chi connectivity index (χ1v) is 10.5. The van der Waals surface area contributed by atoms with Gasteiger partial charge in [-0.1, -0.05) is 18.2 Å². The van der Waals surface area contributed by atoms with E-state index in [2.05, 4.69) is 10.3 Å². The molecule has 0 aliphatic carbocycles. The van der Waals surface area contributed by atoms with E-state index >= 15 is 0 Å². The van der Waals surface area contributed by atoms with Crippen molar-refractivity contribution in [1.82, 2.24) is 4.98 Å². The van der Waals surface area contributed by atoms with Gasteiger partial charge in [-0.3, -0.25) is 0 Å². The van der Waals surface area contributed by atoms with Crippen LogP contribution in [0.4, 0.5) is 5.13 Å². The molecule has 8 heteroatoms. The molecule has 4 aromatic rings. The molecule has 1 N–H and O–H groups in total. The molecular weight excluding hydrogens is 416 g/mol. The summed E-state index contributed by atoms with van der Waals surface area (Å²) in [5.41, 5.74) is 2.11. The van der Waals surface area contributed by atoms with Crippen molar-refractivity contribution in [2.24, 2.45) is 0 Å². The number of nitrogens with zero attached hydrogens (tertiary/aromatic N) is 1. The summed E-state index contributed by atoms with van der Waals surface area (Å²) in [6, 6.07) is 13.1. The largest absolute Gasteiger partial charge is 0.493 e.